The highest BCUT2D eigenvalue weighted by atomic mass is 16.5. The molecule has 17 heavy (non-hydrogen) atoms. The molecular weight excluding hydrogens is 214 g/mol. The minimum absolute atomic E-state index is 0.159. The summed E-state index contributed by atoms with van der Waals surface area (Å²) in [6, 6.07) is 0. The number of amides is 1. The van der Waals surface area contributed by atoms with Crippen LogP contribution in [0.2, 0.25) is 0 Å². The van der Waals surface area contributed by atoms with Gasteiger partial charge in [-0.1, -0.05) is 12.2 Å². The molecule has 0 aromatic rings. The first-order chi connectivity index (χ1) is 8.28. The van der Waals surface area contributed by atoms with Gasteiger partial charge in [0.1, 0.15) is 0 Å². The predicted molar refractivity (Wildman–Crippen MR) is 65.2 cm³/mol. The van der Waals surface area contributed by atoms with Gasteiger partial charge in [0.05, 0.1) is 6.10 Å². The Kier molecular flexibility index (Phi) is 2.63. The molecule has 0 spiro atoms. The number of methoxy groups -OCH3 is 1. The van der Waals surface area contributed by atoms with Gasteiger partial charge in [-0.15, -0.1) is 0 Å². The summed E-state index contributed by atoms with van der Waals surface area (Å²) in [5.74, 6) is 0.159. The molecule has 90 valence electrons. The van der Waals surface area contributed by atoms with E-state index in [9.17, 15) is 4.79 Å². The zero-order valence-corrected chi connectivity index (χ0v) is 10.1. The fourth-order valence-corrected chi connectivity index (χ4v) is 2.90. The lowest BCUT2D eigenvalue weighted by Crippen LogP contribution is -2.31. The summed E-state index contributed by atoms with van der Waals surface area (Å²) in [5.41, 5.74) is 5.24. The van der Waals surface area contributed by atoms with Crippen molar-refractivity contribution in [1.29, 1.82) is 0 Å². The number of ether oxygens (including phenoxy) is 1. The highest BCUT2D eigenvalue weighted by Crippen LogP contribution is 2.39. The third-order valence-electron chi connectivity index (χ3n) is 3.85. The molecule has 0 radical (unpaired) electrons. The number of nitrogens with one attached hydrogen (secondary N) is 1. The fraction of sp³-hybridized carbons (Fsp3) is 0.500. The SMILES string of the molecule is COC1CC=C2C(=CCC3=C2CCC(=O)N3)C1. The lowest BCUT2D eigenvalue weighted by Gasteiger charge is -2.32. The molecule has 0 fully saturated rings. The van der Waals surface area contributed by atoms with Crippen molar-refractivity contribution in [2.45, 2.75) is 38.2 Å². The van der Waals surface area contributed by atoms with Crippen molar-refractivity contribution in [1.82, 2.24) is 5.32 Å². The summed E-state index contributed by atoms with van der Waals surface area (Å²) in [4.78, 5) is 11.4. The van der Waals surface area contributed by atoms with Gasteiger partial charge in [0.15, 0.2) is 0 Å². The summed E-state index contributed by atoms with van der Waals surface area (Å²) in [6.45, 7) is 0. The second-order valence-corrected chi connectivity index (χ2v) is 4.85. The van der Waals surface area contributed by atoms with Crippen LogP contribution in [-0.2, 0) is 9.53 Å². The molecule has 1 heterocycles. The van der Waals surface area contributed by atoms with E-state index in [1.165, 1.54) is 16.7 Å². The molecule has 3 aliphatic rings. The Morgan fingerprint density at radius 2 is 2.24 bits per heavy atom. The molecule has 0 aromatic heterocycles. The Bertz CT molecular complexity index is 457. The normalized spacial score (nSPS) is 27.8. The first-order valence-corrected chi connectivity index (χ1v) is 6.22. The van der Waals surface area contributed by atoms with Gasteiger partial charge >= 0.3 is 0 Å². The molecule has 3 heteroatoms. The molecule has 1 amide bonds. The van der Waals surface area contributed by atoms with Crippen LogP contribution in [0.3, 0.4) is 0 Å². The van der Waals surface area contributed by atoms with Gasteiger partial charge in [-0.05, 0) is 36.0 Å². The van der Waals surface area contributed by atoms with Crippen LogP contribution < -0.4 is 5.32 Å². The summed E-state index contributed by atoms with van der Waals surface area (Å²) >= 11 is 0. The maximum atomic E-state index is 11.4. The van der Waals surface area contributed by atoms with E-state index in [0.29, 0.717) is 12.5 Å². The van der Waals surface area contributed by atoms with Crippen LogP contribution in [0, 0.1) is 0 Å². The average Bonchev–Trinajstić information content (AvgIpc) is 2.37. The monoisotopic (exact) mass is 231 g/mol. The lowest BCUT2D eigenvalue weighted by atomic mass is 9.79. The minimum atomic E-state index is 0.159. The highest BCUT2D eigenvalue weighted by Gasteiger charge is 2.28. The summed E-state index contributed by atoms with van der Waals surface area (Å²) in [7, 11) is 1.78. The molecule has 0 aromatic carbocycles. The van der Waals surface area contributed by atoms with Crippen molar-refractivity contribution in [3.05, 3.63) is 34.6 Å². The summed E-state index contributed by atoms with van der Waals surface area (Å²) in [5, 5.41) is 3.00. The third-order valence-corrected chi connectivity index (χ3v) is 3.85. The Morgan fingerprint density at radius 3 is 3.06 bits per heavy atom. The first-order valence-electron chi connectivity index (χ1n) is 6.22. The van der Waals surface area contributed by atoms with E-state index in [0.717, 1.165) is 31.4 Å². The van der Waals surface area contributed by atoms with Crippen LogP contribution in [0.15, 0.2) is 34.6 Å². The number of carbonyl (C=O) groups is 1. The van der Waals surface area contributed by atoms with Gasteiger partial charge in [0.2, 0.25) is 5.91 Å². The Hall–Kier alpha value is -1.35. The second kappa shape index (κ2) is 4.15. The summed E-state index contributed by atoms with van der Waals surface area (Å²) in [6.07, 6.45) is 9.20. The molecule has 3 nitrogen and oxygen atoms in total. The fourth-order valence-electron chi connectivity index (χ4n) is 2.90. The number of carbonyl (C=O) groups excluding carboxylic acids is 1. The molecule has 1 unspecified atom stereocenters. The van der Waals surface area contributed by atoms with E-state index >= 15 is 0 Å². The van der Waals surface area contributed by atoms with Crippen molar-refractivity contribution in [3.8, 4) is 0 Å². The van der Waals surface area contributed by atoms with Gasteiger partial charge in [0.25, 0.3) is 0 Å². The molecule has 1 aliphatic heterocycles. The minimum Gasteiger partial charge on any atom is -0.381 e. The maximum absolute atomic E-state index is 11.4. The van der Waals surface area contributed by atoms with E-state index in [4.69, 9.17) is 4.74 Å². The Labute approximate surface area is 101 Å². The highest BCUT2D eigenvalue weighted by molar-refractivity contribution is 5.81. The van der Waals surface area contributed by atoms with Gasteiger partial charge in [-0.3, -0.25) is 4.79 Å². The Morgan fingerprint density at radius 1 is 1.35 bits per heavy atom. The van der Waals surface area contributed by atoms with Gasteiger partial charge < -0.3 is 10.1 Å². The van der Waals surface area contributed by atoms with Crippen molar-refractivity contribution in [3.63, 3.8) is 0 Å². The predicted octanol–water partition coefficient (Wildman–Crippen LogP) is 2.22. The van der Waals surface area contributed by atoms with Gasteiger partial charge in [-0.25, -0.2) is 0 Å². The van der Waals surface area contributed by atoms with E-state index in [2.05, 4.69) is 17.5 Å². The molecule has 1 atom stereocenters. The molecule has 1 N–H and O–H groups in total. The molecule has 0 saturated heterocycles. The van der Waals surface area contributed by atoms with Crippen LogP contribution in [0.25, 0.3) is 0 Å². The topological polar surface area (TPSA) is 38.3 Å². The molecule has 3 rings (SSSR count). The number of fused-ring (bicyclic) bond motifs is 2. The standard InChI is InChI=1S/C14H17NO2/c1-17-10-3-4-11-9(8-10)2-6-13-12(11)5-7-14(16)15-13/h2,4,10H,3,5-8H2,1H3,(H,15,16). The van der Waals surface area contributed by atoms with Gasteiger partial charge in [-0.2, -0.15) is 0 Å². The van der Waals surface area contributed by atoms with Crippen molar-refractivity contribution in [2.24, 2.45) is 0 Å². The van der Waals surface area contributed by atoms with E-state index in [1.807, 2.05) is 0 Å². The largest absolute Gasteiger partial charge is 0.381 e. The number of hydrogen-bond donors (Lipinski definition) is 1. The van der Waals surface area contributed by atoms with Crippen LogP contribution in [0.4, 0.5) is 0 Å². The van der Waals surface area contributed by atoms with Gasteiger partial charge in [0, 0.05) is 25.6 Å². The quantitative estimate of drug-likeness (QED) is 0.751. The number of allylic oxidation sites excluding steroid dienone is 3. The zero-order valence-electron chi connectivity index (χ0n) is 10.1. The summed E-state index contributed by atoms with van der Waals surface area (Å²) < 4.78 is 5.42. The second-order valence-electron chi connectivity index (χ2n) is 4.85. The number of rotatable bonds is 1. The van der Waals surface area contributed by atoms with Crippen molar-refractivity contribution >= 4 is 5.91 Å². The van der Waals surface area contributed by atoms with Crippen LogP contribution >= 0.6 is 0 Å². The van der Waals surface area contributed by atoms with Crippen molar-refractivity contribution < 1.29 is 9.53 Å². The van der Waals surface area contributed by atoms with Crippen molar-refractivity contribution in [2.75, 3.05) is 7.11 Å². The maximum Gasteiger partial charge on any atom is 0.224 e. The van der Waals surface area contributed by atoms with Crippen LogP contribution in [-0.4, -0.2) is 19.1 Å². The lowest BCUT2D eigenvalue weighted by molar-refractivity contribution is -0.120. The Balaban J connectivity index is 1.92. The molecular formula is C14H17NO2. The van der Waals surface area contributed by atoms with E-state index < -0.39 is 0 Å². The van der Waals surface area contributed by atoms with E-state index in [1.54, 1.807) is 7.11 Å². The van der Waals surface area contributed by atoms with Crippen LogP contribution in [0.1, 0.15) is 32.1 Å². The third kappa shape index (κ3) is 1.84. The molecule has 0 saturated carbocycles. The molecule has 0 bridgehead atoms. The average molecular weight is 231 g/mol. The molecule has 2 aliphatic carbocycles. The number of hydrogen-bond acceptors (Lipinski definition) is 2. The van der Waals surface area contributed by atoms with Crippen LogP contribution in [0.5, 0.6) is 0 Å². The first kappa shape index (κ1) is 10.8. The zero-order chi connectivity index (χ0) is 11.8. The van der Waals surface area contributed by atoms with E-state index in [-0.39, 0.29) is 5.91 Å². The smallest absolute Gasteiger partial charge is 0.224 e.